The largest absolute Gasteiger partial charge is 0.493 e. The minimum Gasteiger partial charge on any atom is -0.493 e. The highest BCUT2D eigenvalue weighted by atomic mass is 16.5. The number of nitrogens with one attached hydrogen (secondary N) is 1. The van der Waals surface area contributed by atoms with E-state index in [1.807, 2.05) is 24.3 Å². The maximum Gasteiger partial charge on any atom is 0.224 e. The SMILES string of the molecule is COc1cc2c(cc1OC)[C@@H]1CNC(=O)[C@H]1[C@H](c1ccccc1)C2. The van der Waals surface area contributed by atoms with Gasteiger partial charge in [0.1, 0.15) is 0 Å². The van der Waals surface area contributed by atoms with Gasteiger partial charge in [-0.3, -0.25) is 4.79 Å². The first-order valence-electron chi connectivity index (χ1n) is 8.30. The zero-order valence-corrected chi connectivity index (χ0v) is 13.9. The topological polar surface area (TPSA) is 47.6 Å². The molecular formula is C20H21NO3. The van der Waals surface area contributed by atoms with Crippen molar-refractivity contribution < 1.29 is 14.3 Å². The van der Waals surface area contributed by atoms with Gasteiger partial charge in [0.2, 0.25) is 5.91 Å². The van der Waals surface area contributed by atoms with E-state index in [4.69, 9.17) is 9.47 Å². The molecule has 1 N–H and O–H groups in total. The standard InChI is InChI=1S/C20H21NO3/c1-23-17-9-13-8-15(12-6-4-3-5-7-12)19-16(11-21-20(19)22)14(13)10-18(17)24-2/h3-7,9-10,15-16,19H,8,11H2,1-2H3,(H,21,22)/t15-,16-,19-/m0/s1. The lowest BCUT2D eigenvalue weighted by Crippen LogP contribution is -2.30. The first kappa shape index (κ1) is 15.1. The zero-order valence-electron chi connectivity index (χ0n) is 13.9. The Hall–Kier alpha value is -2.49. The van der Waals surface area contributed by atoms with Gasteiger partial charge in [0.15, 0.2) is 11.5 Å². The van der Waals surface area contributed by atoms with Gasteiger partial charge in [-0.25, -0.2) is 0 Å². The van der Waals surface area contributed by atoms with Crippen molar-refractivity contribution in [1.82, 2.24) is 5.32 Å². The van der Waals surface area contributed by atoms with Gasteiger partial charge in [-0.2, -0.15) is 0 Å². The van der Waals surface area contributed by atoms with Crippen LogP contribution in [0.1, 0.15) is 28.5 Å². The minimum atomic E-state index is -0.0157. The molecule has 1 aliphatic carbocycles. The third-order valence-corrected chi connectivity index (χ3v) is 5.38. The number of benzene rings is 2. The Kier molecular flexibility index (Phi) is 3.68. The maximum absolute atomic E-state index is 12.5. The summed E-state index contributed by atoms with van der Waals surface area (Å²) in [4.78, 5) is 12.5. The average Bonchev–Trinajstić information content (AvgIpc) is 3.02. The van der Waals surface area contributed by atoms with Crippen molar-refractivity contribution in [3.63, 3.8) is 0 Å². The fourth-order valence-corrected chi connectivity index (χ4v) is 4.25. The summed E-state index contributed by atoms with van der Waals surface area (Å²) < 4.78 is 10.9. The van der Waals surface area contributed by atoms with Crippen LogP contribution in [0.25, 0.3) is 0 Å². The number of hydrogen-bond donors (Lipinski definition) is 1. The number of rotatable bonds is 3. The summed E-state index contributed by atoms with van der Waals surface area (Å²) in [6.45, 7) is 0.690. The van der Waals surface area contributed by atoms with Crippen LogP contribution in [0, 0.1) is 5.92 Å². The van der Waals surface area contributed by atoms with E-state index in [2.05, 4.69) is 23.5 Å². The molecule has 24 heavy (non-hydrogen) atoms. The van der Waals surface area contributed by atoms with Crippen LogP contribution in [0.3, 0.4) is 0 Å². The van der Waals surface area contributed by atoms with Gasteiger partial charge < -0.3 is 14.8 Å². The van der Waals surface area contributed by atoms with E-state index in [0.717, 1.165) is 17.9 Å². The average molecular weight is 323 g/mol. The zero-order chi connectivity index (χ0) is 16.7. The first-order valence-corrected chi connectivity index (χ1v) is 8.30. The molecule has 1 fully saturated rings. The summed E-state index contributed by atoms with van der Waals surface area (Å²) in [5, 5.41) is 3.06. The number of ether oxygens (including phenoxy) is 2. The van der Waals surface area contributed by atoms with Gasteiger partial charge in [0.25, 0.3) is 0 Å². The van der Waals surface area contributed by atoms with E-state index in [0.29, 0.717) is 6.54 Å². The number of hydrogen-bond acceptors (Lipinski definition) is 3. The highest BCUT2D eigenvalue weighted by Crippen LogP contribution is 2.49. The Morgan fingerprint density at radius 3 is 2.42 bits per heavy atom. The first-order chi connectivity index (χ1) is 11.7. The molecule has 2 aromatic carbocycles. The van der Waals surface area contributed by atoms with Gasteiger partial charge >= 0.3 is 0 Å². The van der Waals surface area contributed by atoms with Crippen molar-refractivity contribution >= 4 is 5.91 Å². The molecule has 1 aliphatic heterocycles. The summed E-state index contributed by atoms with van der Waals surface area (Å²) in [5.74, 6) is 2.01. The Morgan fingerprint density at radius 1 is 1.00 bits per heavy atom. The van der Waals surface area contributed by atoms with Crippen LogP contribution in [0.2, 0.25) is 0 Å². The number of fused-ring (bicyclic) bond motifs is 3. The van der Waals surface area contributed by atoms with E-state index in [9.17, 15) is 4.79 Å². The van der Waals surface area contributed by atoms with E-state index in [1.165, 1.54) is 16.7 Å². The molecule has 0 spiro atoms. The highest BCUT2D eigenvalue weighted by Gasteiger charge is 2.46. The van der Waals surface area contributed by atoms with Crippen molar-refractivity contribution in [2.24, 2.45) is 5.92 Å². The molecule has 1 saturated heterocycles. The predicted molar refractivity (Wildman–Crippen MR) is 91.7 cm³/mol. The molecule has 124 valence electrons. The Labute approximate surface area is 141 Å². The van der Waals surface area contributed by atoms with Crippen LogP contribution in [-0.2, 0) is 11.2 Å². The monoisotopic (exact) mass is 323 g/mol. The van der Waals surface area contributed by atoms with E-state index >= 15 is 0 Å². The number of carbonyl (C=O) groups excluding carboxylic acids is 1. The summed E-state index contributed by atoms with van der Waals surface area (Å²) in [5.41, 5.74) is 3.69. The number of amides is 1. The molecule has 2 aliphatic rings. The van der Waals surface area contributed by atoms with E-state index < -0.39 is 0 Å². The lowest BCUT2D eigenvalue weighted by atomic mass is 9.68. The van der Waals surface area contributed by atoms with Crippen molar-refractivity contribution in [3.8, 4) is 11.5 Å². The molecular weight excluding hydrogens is 302 g/mol. The van der Waals surface area contributed by atoms with Crippen LogP contribution in [-0.4, -0.2) is 26.7 Å². The molecule has 1 amide bonds. The van der Waals surface area contributed by atoms with Gasteiger partial charge in [-0.1, -0.05) is 30.3 Å². The summed E-state index contributed by atoms with van der Waals surface area (Å²) in [6.07, 6.45) is 0.842. The van der Waals surface area contributed by atoms with Crippen LogP contribution in [0.15, 0.2) is 42.5 Å². The van der Waals surface area contributed by atoms with Crippen LogP contribution >= 0.6 is 0 Å². The Balaban J connectivity index is 1.84. The van der Waals surface area contributed by atoms with Crippen molar-refractivity contribution in [2.75, 3.05) is 20.8 Å². The van der Waals surface area contributed by atoms with Crippen LogP contribution < -0.4 is 14.8 Å². The second kappa shape index (κ2) is 5.86. The number of methoxy groups -OCH3 is 2. The fraction of sp³-hybridized carbons (Fsp3) is 0.350. The molecule has 3 atom stereocenters. The summed E-state index contributed by atoms with van der Waals surface area (Å²) >= 11 is 0. The van der Waals surface area contributed by atoms with E-state index in [1.54, 1.807) is 14.2 Å². The molecule has 0 saturated carbocycles. The third kappa shape index (κ3) is 2.25. The number of carbonyl (C=O) groups is 1. The molecule has 0 aromatic heterocycles. The van der Waals surface area contributed by atoms with Crippen LogP contribution in [0.4, 0.5) is 0 Å². The lowest BCUT2D eigenvalue weighted by Gasteiger charge is -2.34. The Morgan fingerprint density at radius 2 is 1.71 bits per heavy atom. The normalized spacial score (nSPS) is 24.8. The maximum atomic E-state index is 12.5. The molecule has 0 bridgehead atoms. The second-order valence-electron chi connectivity index (χ2n) is 6.50. The van der Waals surface area contributed by atoms with Gasteiger partial charge in [0.05, 0.1) is 20.1 Å². The predicted octanol–water partition coefficient (Wildman–Crippen LogP) is 2.87. The van der Waals surface area contributed by atoms with Crippen LogP contribution in [0.5, 0.6) is 11.5 Å². The van der Waals surface area contributed by atoms with Crippen molar-refractivity contribution in [3.05, 3.63) is 59.2 Å². The van der Waals surface area contributed by atoms with Crippen molar-refractivity contribution in [2.45, 2.75) is 18.3 Å². The minimum absolute atomic E-state index is 0.0157. The third-order valence-electron chi connectivity index (χ3n) is 5.38. The molecule has 4 heteroatoms. The lowest BCUT2D eigenvalue weighted by molar-refractivity contribution is -0.123. The van der Waals surface area contributed by atoms with Gasteiger partial charge in [-0.05, 0) is 35.2 Å². The molecule has 2 aromatic rings. The van der Waals surface area contributed by atoms with Crippen molar-refractivity contribution in [1.29, 1.82) is 0 Å². The smallest absolute Gasteiger partial charge is 0.224 e. The van der Waals surface area contributed by atoms with Gasteiger partial charge in [0, 0.05) is 18.4 Å². The highest BCUT2D eigenvalue weighted by molar-refractivity contribution is 5.84. The Bertz CT molecular complexity index is 772. The summed E-state index contributed by atoms with van der Waals surface area (Å²) in [6, 6.07) is 14.5. The van der Waals surface area contributed by atoms with Gasteiger partial charge in [-0.15, -0.1) is 0 Å². The fourth-order valence-electron chi connectivity index (χ4n) is 4.25. The summed E-state index contributed by atoms with van der Waals surface area (Å²) in [7, 11) is 3.31. The molecule has 4 rings (SSSR count). The molecule has 0 radical (unpaired) electrons. The molecule has 4 nitrogen and oxygen atoms in total. The van der Waals surface area contributed by atoms with E-state index in [-0.39, 0.29) is 23.7 Å². The molecule has 1 heterocycles. The quantitative estimate of drug-likeness (QED) is 0.945. The molecule has 0 unspecified atom stereocenters. The second-order valence-corrected chi connectivity index (χ2v) is 6.50.